The van der Waals surface area contributed by atoms with Crippen LogP contribution in [0.3, 0.4) is 0 Å². The fraction of sp³-hybridized carbons (Fsp3) is 0.400. The first-order valence-electron chi connectivity index (χ1n) is 6.87. The first-order valence-corrected chi connectivity index (χ1v) is 10.1. The summed E-state index contributed by atoms with van der Waals surface area (Å²) < 4.78 is 22.3. The van der Waals surface area contributed by atoms with Gasteiger partial charge in [0.2, 0.25) is 0 Å². The summed E-state index contributed by atoms with van der Waals surface area (Å²) in [7, 11) is -2.89. The number of para-hydroxylation sites is 1. The largest absolute Gasteiger partial charge is 0.370 e. The molecule has 1 aromatic heterocycles. The smallest absolute Gasteiger partial charge is 0.148 e. The molecule has 0 aliphatic carbocycles. The van der Waals surface area contributed by atoms with Crippen molar-refractivity contribution >= 4 is 38.3 Å². The first kappa shape index (κ1) is 16.1. The lowest BCUT2D eigenvalue weighted by molar-refractivity contribution is 0.603. The maximum atomic E-state index is 11.1. The molecule has 0 bridgehead atoms. The van der Waals surface area contributed by atoms with Gasteiger partial charge in [0.25, 0.3) is 0 Å². The normalized spacial score (nSPS) is 11.7. The second kappa shape index (κ2) is 7.13. The maximum Gasteiger partial charge on any atom is 0.148 e. The SMILES string of the molecule is CCNc1nc2ccccc2cc1CSCCS(C)(=O)=O. The Balaban J connectivity index is 2.14. The van der Waals surface area contributed by atoms with Gasteiger partial charge in [-0.3, -0.25) is 0 Å². The van der Waals surface area contributed by atoms with E-state index >= 15 is 0 Å². The van der Waals surface area contributed by atoms with Crippen LogP contribution in [0.1, 0.15) is 12.5 Å². The molecule has 21 heavy (non-hydrogen) atoms. The number of rotatable bonds is 7. The average molecular weight is 324 g/mol. The topological polar surface area (TPSA) is 59.1 Å². The highest BCUT2D eigenvalue weighted by Crippen LogP contribution is 2.24. The third-order valence-electron chi connectivity index (χ3n) is 3.00. The molecule has 0 radical (unpaired) electrons. The fourth-order valence-electron chi connectivity index (χ4n) is 1.98. The number of sulfone groups is 1. The molecule has 114 valence electrons. The van der Waals surface area contributed by atoms with Crippen LogP contribution in [-0.4, -0.2) is 37.7 Å². The van der Waals surface area contributed by atoms with E-state index in [9.17, 15) is 8.42 Å². The lowest BCUT2D eigenvalue weighted by atomic mass is 10.1. The molecule has 6 heteroatoms. The molecule has 0 unspecified atom stereocenters. The molecule has 2 aromatic rings. The number of hydrogen-bond acceptors (Lipinski definition) is 5. The third-order valence-corrected chi connectivity index (χ3v) is 5.22. The van der Waals surface area contributed by atoms with Gasteiger partial charge in [0.1, 0.15) is 15.7 Å². The highest BCUT2D eigenvalue weighted by atomic mass is 32.2. The quantitative estimate of drug-likeness (QED) is 0.794. The summed E-state index contributed by atoms with van der Waals surface area (Å²) in [6.45, 7) is 2.85. The van der Waals surface area contributed by atoms with Crippen LogP contribution in [-0.2, 0) is 15.6 Å². The zero-order chi connectivity index (χ0) is 15.3. The van der Waals surface area contributed by atoms with Crippen molar-refractivity contribution in [1.82, 2.24) is 4.98 Å². The Morgan fingerprint density at radius 3 is 2.76 bits per heavy atom. The molecule has 1 N–H and O–H groups in total. The number of hydrogen-bond donors (Lipinski definition) is 1. The van der Waals surface area contributed by atoms with Crippen LogP contribution in [0.25, 0.3) is 10.9 Å². The van der Waals surface area contributed by atoms with Crippen LogP contribution in [0.2, 0.25) is 0 Å². The maximum absolute atomic E-state index is 11.1. The van der Waals surface area contributed by atoms with Gasteiger partial charge >= 0.3 is 0 Å². The first-order chi connectivity index (χ1) is 9.99. The Hall–Kier alpha value is -1.27. The van der Waals surface area contributed by atoms with E-state index in [0.29, 0.717) is 5.75 Å². The fourth-order valence-corrected chi connectivity index (χ4v) is 4.25. The summed E-state index contributed by atoms with van der Waals surface area (Å²) in [5.41, 5.74) is 2.09. The number of nitrogens with zero attached hydrogens (tertiary/aromatic N) is 1. The molecule has 4 nitrogen and oxygen atoms in total. The van der Waals surface area contributed by atoms with Gasteiger partial charge in [0, 0.05) is 35.3 Å². The molecular weight excluding hydrogens is 304 g/mol. The number of fused-ring (bicyclic) bond motifs is 1. The van der Waals surface area contributed by atoms with Gasteiger partial charge in [0.05, 0.1) is 11.3 Å². The molecule has 1 heterocycles. The van der Waals surface area contributed by atoms with E-state index in [1.54, 1.807) is 11.8 Å². The van der Waals surface area contributed by atoms with E-state index in [-0.39, 0.29) is 5.75 Å². The number of nitrogens with one attached hydrogen (secondary N) is 1. The molecule has 0 spiro atoms. The highest BCUT2D eigenvalue weighted by Gasteiger charge is 2.08. The minimum atomic E-state index is -2.89. The lowest BCUT2D eigenvalue weighted by Gasteiger charge is -2.11. The Morgan fingerprint density at radius 2 is 2.05 bits per heavy atom. The standard InChI is InChI=1S/C15H20N2O2S2/c1-3-16-15-13(11-20-8-9-21(2,18)19)10-12-6-4-5-7-14(12)17-15/h4-7,10H,3,8-9,11H2,1-2H3,(H,16,17). The minimum absolute atomic E-state index is 0.217. The molecule has 2 rings (SSSR count). The zero-order valence-corrected chi connectivity index (χ0v) is 13.9. The van der Waals surface area contributed by atoms with Gasteiger partial charge in [-0.1, -0.05) is 18.2 Å². The average Bonchev–Trinajstić information content (AvgIpc) is 2.43. The number of pyridine rings is 1. The van der Waals surface area contributed by atoms with Crippen molar-refractivity contribution in [1.29, 1.82) is 0 Å². The Bertz CT molecular complexity index is 715. The van der Waals surface area contributed by atoms with E-state index in [1.165, 1.54) is 6.26 Å². The van der Waals surface area contributed by atoms with Crippen LogP contribution >= 0.6 is 11.8 Å². The number of thioether (sulfide) groups is 1. The van der Waals surface area contributed by atoms with Gasteiger partial charge in [-0.25, -0.2) is 13.4 Å². The van der Waals surface area contributed by atoms with Crippen LogP contribution in [0.4, 0.5) is 5.82 Å². The number of aromatic nitrogens is 1. The molecule has 0 aliphatic rings. The summed E-state index contributed by atoms with van der Waals surface area (Å²) >= 11 is 1.62. The summed E-state index contributed by atoms with van der Waals surface area (Å²) in [4.78, 5) is 4.65. The highest BCUT2D eigenvalue weighted by molar-refractivity contribution is 7.99. The third kappa shape index (κ3) is 4.89. The van der Waals surface area contributed by atoms with Gasteiger partial charge in [0.15, 0.2) is 0 Å². The second-order valence-corrected chi connectivity index (χ2v) is 8.27. The predicted molar refractivity (Wildman–Crippen MR) is 91.8 cm³/mol. The van der Waals surface area contributed by atoms with E-state index in [4.69, 9.17) is 0 Å². The summed E-state index contributed by atoms with van der Waals surface area (Å²) in [5.74, 6) is 2.48. The monoisotopic (exact) mass is 324 g/mol. The minimum Gasteiger partial charge on any atom is -0.370 e. The lowest BCUT2D eigenvalue weighted by Crippen LogP contribution is -2.06. The van der Waals surface area contributed by atoms with Gasteiger partial charge in [-0.2, -0.15) is 11.8 Å². The van der Waals surface area contributed by atoms with Crippen molar-refractivity contribution < 1.29 is 8.42 Å². The summed E-state index contributed by atoms with van der Waals surface area (Å²) in [5, 5.41) is 4.39. The van der Waals surface area contributed by atoms with Crippen molar-refractivity contribution in [2.45, 2.75) is 12.7 Å². The van der Waals surface area contributed by atoms with Crippen LogP contribution in [0, 0.1) is 0 Å². The number of benzene rings is 1. The summed E-state index contributed by atoms with van der Waals surface area (Å²) in [6.07, 6.45) is 1.27. The van der Waals surface area contributed by atoms with E-state index < -0.39 is 9.84 Å². The van der Waals surface area contributed by atoms with E-state index in [2.05, 4.69) is 16.4 Å². The van der Waals surface area contributed by atoms with Crippen LogP contribution in [0.15, 0.2) is 30.3 Å². The molecule has 0 amide bonds. The van der Waals surface area contributed by atoms with Crippen molar-refractivity contribution in [2.75, 3.05) is 29.6 Å². The molecule has 1 aromatic carbocycles. The van der Waals surface area contributed by atoms with Gasteiger partial charge < -0.3 is 5.32 Å². The van der Waals surface area contributed by atoms with Crippen molar-refractivity contribution in [3.63, 3.8) is 0 Å². The number of anilines is 1. The molecule has 0 atom stereocenters. The molecule has 0 fully saturated rings. The Kier molecular flexibility index (Phi) is 5.47. The van der Waals surface area contributed by atoms with Crippen molar-refractivity contribution in [2.24, 2.45) is 0 Å². The zero-order valence-electron chi connectivity index (χ0n) is 12.3. The molecule has 0 saturated heterocycles. The molecule has 0 aliphatic heterocycles. The van der Waals surface area contributed by atoms with Crippen LogP contribution < -0.4 is 5.32 Å². The summed E-state index contributed by atoms with van der Waals surface area (Å²) in [6, 6.07) is 10.1. The van der Waals surface area contributed by atoms with Gasteiger partial charge in [-0.15, -0.1) is 0 Å². The van der Waals surface area contributed by atoms with Crippen molar-refractivity contribution in [3.05, 3.63) is 35.9 Å². The van der Waals surface area contributed by atoms with E-state index in [1.807, 2.05) is 31.2 Å². The molecule has 0 saturated carbocycles. The Morgan fingerprint density at radius 1 is 1.29 bits per heavy atom. The van der Waals surface area contributed by atoms with Gasteiger partial charge in [-0.05, 0) is 19.1 Å². The van der Waals surface area contributed by atoms with E-state index in [0.717, 1.165) is 34.6 Å². The predicted octanol–water partition coefficient (Wildman–Crippen LogP) is 2.94. The second-order valence-electron chi connectivity index (χ2n) is 4.90. The molecular formula is C15H20N2O2S2. The van der Waals surface area contributed by atoms with Crippen LogP contribution in [0.5, 0.6) is 0 Å². The Labute approximate surface area is 130 Å². The van der Waals surface area contributed by atoms with Crippen molar-refractivity contribution in [3.8, 4) is 0 Å².